The first-order valence-electron chi connectivity index (χ1n) is 10.1. The van der Waals surface area contributed by atoms with Crippen LogP contribution in [0.25, 0.3) is 0 Å². The lowest BCUT2D eigenvalue weighted by atomic mass is 10.2. The van der Waals surface area contributed by atoms with E-state index in [0.717, 1.165) is 9.37 Å². The number of carbonyl (C=O) groups is 1. The van der Waals surface area contributed by atoms with E-state index in [-0.39, 0.29) is 28.8 Å². The number of nitrogens with one attached hydrogen (secondary N) is 2. The predicted molar refractivity (Wildman–Crippen MR) is 121 cm³/mol. The Kier molecular flexibility index (Phi) is 8.24. The fourth-order valence-corrected chi connectivity index (χ4v) is 5.03. The number of hydrogen-bond donors (Lipinski definition) is 2. The average molecular weight is 525 g/mol. The number of rotatable bonds is 8. The molecule has 1 fully saturated rings. The summed E-state index contributed by atoms with van der Waals surface area (Å²) in [5.74, 6) is -0.363. The summed E-state index contributed by atoms with van der Waals surface area (Å²) in [6.45, 7) is 4.00. The summed E-state index contributed by atoms with van der Waals surface area (Å²) in [7, 11) is -3.55. The number of halogens is 1. The Morgan fingerprint density at radius 3 is 2.59 bits per heavy atom. The van der Waals surface area contributed by atoms with Crippen molar-refractivity contribution in [2.75, 3.05) is 39.3 Å². The van der Waals surface area contributed by atoms with Gasteiger partial charge in [0.25, 0.3) is 5.91 Å². The average Bonchev–Trinajstić information content (AvgIpc) is 2.77. The number of piperazine rings is 1. The maximum absolute atomic E-state index is 12.8. The number of nitrogens with zero attached hydrogens (tertiary/aromatic N) is 2. The first-order chi connectivity index (χ1) is 15.3. The number of para-hydroxylation sites is 1. The van der Waals surface area contributed by atoms with Gasteiger partial charge in [-0.2, -0.15) is 9.41 Å². The Morgan fingerprint density at radius 2 is 1.94 bits per heavy atom. The van der Waals surface area contributed by atoms with Gasteiger partial charge in [-0.3, -0.25) is 4.79 Å². The van der Waals surface area contributed by atoms with Crippen LogP contribution in [0.5, 0.6) is 11.5 Å². The fourth-order valence-electron chi connectivity index (χ4n) is 3.32. The van der Waals surface area contributed by atoms with E-state index < -0.39 is 10.0 Å². The molecular weight excluding hydrogens is 500 g/mol. The van der Waals surface area contributed by atoms with Crippen molar-refractivity contribution in [2.24, 2.45) is 5.10 Å². The van der Waals surface area contributed by atoms with Crippen molar-refractivity contribution in [3.8, 4) is 11.5 Å². The van der Waals surface area contributed by atoms with Gasteiger partial charge >= 0.3 is 0 Å². The third kappa shape index (κ3) is 6.06. The number of hydrogen-bond acceptors (Lipinski definition) is 6. The molecule has 0 aliphatic carbocycles. The molecule has 1 saturated heterocycles. The highest BCUT2D eigenvalue weighted by Gasteiger charge is 2.31. The third-order valence-corrected chi connectivity index (χ3v) is 7.44. The van der Waals surface area contributed by atoms with Crippen LogP contribution in [0.2, 0.25) is 0 Å². The van der Waals surface area contributed by atoms with Crippen LogP contribution in [0.1, 0.15) is 12.5 Å². The minimum absolute atomic E-state index is 0.159. The first-order valence-corrected chi connectivity index (χ1v) is 12.4. The Morgan fingerprint density at radius 1 is 1.25 bits per heavy atom. The molecule has 2 aromatic carbocycles. The Bertz CT molecular complexity index is 1070. The number of hydrazone groups is 1. The van der Waals surface area contributed by atoms with Gasteiger partial charge in [0.1, 0.15) is 5.75 Å². The van der Waals surface area contributed by atoms with Gasteiger partial charge in [-0.05, 0) is 42.8 Å². The molecule has 2 aromatic rings. The number of ether oxygens (including phenoxy) is 1. The normalized spacial score (nSPS) is 15.7. The minimum Gasteiger partial charge on any atom is -0.870 e. The van der Waals surface area contributed by atoms with Crippen LogP contribution in [0.15, 0.2) is 56.9 Å². The van der Waals surface area contributed by atoms with Gasteiger partial charge in [0.05, 0.1) is 43.9 Å². The van der Waals surface area contributed by atoms with Crippen LogP contribution in [0.4, 0.5) is 0 Å². The summed E-state index contributed by atoms with van der Waals surface area (Å²) in [6.07, 6.45) is 1.29. The van der Waals surface area contributed by atoms with Crippen LogP contribution >= 0.6 is 15.9 Å². The zero-order valence-corrected chi connectivity index (χ0v) is 20.0. The largest absolute Gasteiger partial charge is 0.870 e. The van der Waals surface area contributed by atoms with Gasteiger partial charge < -0.3 is 14.7 Å². The lowest BCUT2D eigenvalue weighted by Crippen LogP contribution is -3.15. The van der Waals surface area contributed by atoms with Gasteiger partial charge in [-0.15, -0.1) is 0 Å². The Hall–Kier alpha value is -2.47. The van der Waals surface area contributed by atoms with Gasteiger partial charge in [-0.25, -0.2) is 13.8 Å². The van der Waals surface area contributed by atoms with E-state index in [9.17, 15) is 18.3 Å². The van der Waals surface area contributed by atoms with Crippen molar-refractivity contribution in [2.45, 2.75) is 11.8 Å². The molecule has 0 radical (unpaired) electrons. The number of amides is 1. The summed E-state index contributed by atoms with van der Waals surface area (Å²) in [6, 6.07) is 11.4. The van der Waals surface area contributed by atoms with Crippen LogP contribution < -0.4 is 20.2 Å². The summed E-state index contributed by atoms with van der Waals surface area (Å²) >= 11 is 3.30. The van der Waals surface area contributed by atoms with Crippen molar-refractivity contribution in [1.29, 1.82) is 0 Å². The molecule has 32 heavy (non-hydrogen) atoms. The van der Waals surface area contributed by atoms with Gasteiger partial charge in [0, 0.05) is 4.47 Å². The molecular formula is C21H25BrN4O5S. The zero-order valence-electron chi connectivity index (χ0n) is 17.6. The second-order valence-electron chi connectivity index (χ2n) is 7.19. The van der Waals surface area contributed by atoms with E-state index in [2.05, 4.69) is 26.5 Å². The van der Waals surface area contributed by atoms with E-state index in [1.165, 1.54) is 10.5 Å². The molecule has 1 aliphatic rings. The van der Waals surface area contributed by atoms with Crippen LogP contribution in [0, 0.1) is 0 Å². The molecule has 0 atom stereocenters. The zero-order chi connectivity index (χ0) is 23.1. The minimum atomic E-state index is -3.55. The van der Waals surface area contributed by atoms with Crippen LogP contribution in [-0.4, -0.2) is 64.2 Å². The van der Waals surface area contributed by atoms with E-state index in [4.69, 9.17) is 4.74 Å². The molecule has 11 heteroatoms. The third-order valence-electron chi connectivity index (χ3n) is 4.99. The van der Waals surface area contributed by atoms with E-state index >= 15 is 0 Å². The highest BCUT2D eigenvalue weighted by Crippen LogP contribution is 2.25. The maximum atomic E-state index is 12.8. The summed E-state index contributed by atoms with van der Waals surface area (Å²) in [5.41, 5.74) is 2.74. The molecule has 2 N–H and O–H groups in total. The first kappa shape index (κ1) is 24.2. The van der Waals surface area contributed by atoms with Crippen molar-refractivity contribution in [1.82, 2.24) is 9.73 Å². The maximum Gasteiger partial charge on any atom is 0.295 e. The molecule has 3 rings (SSSR count). The monoisotopic (exact) mass is 524 g/mol. The smallest absolute Gasteiger partial charge is 0.295 e. The van der Waals surface area contributed by atoms with E-state index in [0.29, 0.717) is 38.3 Å². The second kappa shape index (κ2) is 10.9. The molecule has 9 nitrogen and oxygen atoms in total. The lowest BCUT2D eigenvalue weighted by molar-refractivity contribution is -0.895. The highest BCUT2D eigenvalue weighted by molar-refractivity contribution is 9.10. The predicted octanol–water partition coefficient (Wildman–Crippen LogP) is -0.0391. The number of quaternary nitrogens is 1. The van der Waals surface area contributed by atoms with Crippen molar-refractivity contribution >= 4 is 38.1 Å². The lowest BCUT2D eigenvalue weighted by Gasteiger charge is -2.31. The molecule has 0 aromatic heterocycles. The fraction of sp³-hybridized carbons (Fsp3) is 0.333. The van der Waals surface area contributed by atoms with Crippen molar-refractivity contribution in [3.05, 3.63) is 52.5 Å². The quantitative estimate of drug-likeness (QED) is 0.371. The summed E-state index contributed by atoms with van der Waals surface area (Å²) in [4.78, 5) is 13.4. The molecule has 1 amide bonds. The molecule has 1 aliphatic heterocycles. The SMILES string of the molecule is CCOc1cccc(C=NNC(=O)C[NH+]2CCN(S(=O)(=O)c3ccc(Br)cc3)CC2)c1[O-]. The highest BCUT2D eigenvalue weighted by atomic mass is 79.9. The molecule has 0 unspecified atom stereocenters. The van der Waals surface area contributed by atoms with Crippen LogP contribution in [-0.2, 0) is 14.8 Å². The van der Waals surface area contributed by atoms with E-state index in [1.54, 1.807) is 49.4 Å². The summed E-state index contributed by atoms with van der Waals surface area (Å²) in [5, 5.41) is 16.1. The van der Waals surface area contributed by atoms with Crippen molar-refractivity contribution in [3.63, 3.8) is 0 Å². The number of carbonyl (C=O) groups excluding carboxylic acids is 1. The second-order valence-corrected chi connectivity index (χ2v) is 10.0. The topological polar surface area (TPSA) is 116 Å². The summed E-state index contributed by atoms with van der Waals surface area (Å²) < 4.78 is 33.0. The molecule has 172 valence electrons. The molecule has 1 heterocycles. The Labute approximate surface area is 195 Å². The number of benzene rings is 2. The van der Waals surface area contributed by atoms with Gasteiger partial charge in [0.2, 0.25) is 10.0 Å². The van der Waals surface area contributed by atoms with Gasteiger partial charge in [0.15, 0.2) is 6.54 Å². The van der Waals surface area contributed by atoms with Crippen molar-refractivity contribution < 1.29 is 28.0 Å². The van der Waals surface area contributed by atoms with Gasteiger partial charge in [-0.1, -0.05) is 33.8 Å². The van der Waals surface area contributed by atoms with Crippen LogP contribution in [0.3, 0.4) is 0 Å². The standard InChI is InChI=1S/C21H25BrN4O5S/c1-2-31-19-5-3-4-16(21(19)28)14-23-24-20(27)15-25-10-12-26(13-11-25)32(29,30)18-8-6-17(22)7-9-18/h3-9,14,28H,2,10-13,15H2,1H3,(H,24,27). The number of sulfonamides is 1. The van der Waals surface area contributed by atoms with E-state index in [1.807, 2.05) is 0 Å². The molecule has 0 spiro atoms. The molecule has 0 bridgehead atoms. The Balaban J connectivity index is 1.49. The molecule has 0 saturated carbocycles.